The van der Waals surface area contributed by atoms with Crippen molar-refractivity contribution in [1.29, 1.82) is 0 Å². The van der Waals surface area contributed by atoms with Crippen LogP contribution in [0, 0.1) is 11.8 Å². The highest BCUT2D eigenvalue weighted by Crippen LogP contribution is 2.32. The van der Waals surface area contributed by atoms with E-state index in [4.69, 9.17) is 0 Å². The summed E-state index contributed by atoms with van der Waals surface area (Å²) in [5.74, 6) is 1.00. The van der Waals surface area contributed by atoms with Crippen molar-refractivity contribution in [2.24, 2.45) is 11.8 Å². The van der Waals surface area contributed by atoms with Crippen LogP contribution in [0.25, 0.3) is 0 Å². The molecule has 1 amide bonds. The quantitative estimate of drug-likeness (QED) is 0.740. The number of nitrogens with one attached hydrogen (secondary N) is 1. The summed E-state index contributed by atoms with van der Waals surface area (Å²) in [5.41, 5.74) is 0. The van der Waals surface area contributed by atoms with Gasteiger partial charge in [0.2, 0.25) is 5.91 Å². The van der Waals surface area contributed by atoms with Gasteiger partial charge in [0.05, 0.1) is 0 Å². The van der Waals surface area contributed by atoms with Gasteiger partial charge < -0.3 is 10.2 Å². The summed E-state index contributed by atoms with van der Waals surface area (Å²) in [4.78, 5) is 14.6. The van der Waals surface area contributed by atoms with Gasteiger partial charge in [-0.15, -0.1) is 0 Å². The molecule has 3 unspecified atom stereocenters. The molecule has 3 heteroatoms. The van der Waals surface area contributed by atoms with Crippen LogP contribution in [0.5, 0.6) is 0 Å². The molecule has 1 fully saturated rings. The molecule has 0 saturated heterocycles. The molecule has 1 rings (SSSR count). The van der Waals surface area contributed by atoms with Crippen LogP contribution in [0.3, 0.4) is 0 Å². The van der Waals surface area contributed by atoms with E-state index in [0.717, 1.165) is 13.0 Å². The molecular formula is C14H28N2O. The lowest BCUT2D eigenvalue weighted by Crippen LogP contribution is -2.47. The Morgan fingerprint density at radius 2 is 1.94 bits per heavy atom. The van der Waals surface area contributed by atoms with Crippen molar-refractivity contribution in [2.45, 2.75) is 59.0 Å². The molecule has 1 N–H and O–H groups in total. The predicted molar refractivity (Wildman–Crippen MR) is 71.9 cm³/mol. The van der Waals surface area contributed by atoms with E-state index in [9.17, 15) is 4.79 Å². The Balaban J connectivity index is 2.68. The van der Waals surface area contributed by atoms with Crippen molar-refractivity contribution in [3.8, 4) is 0 Å². The van der Waals surface area contributed by atoms with Gasteiger partial charge in [0.25, 0.3) is 0 Å². The third-order valence-electron chi connectivity index (χ3n) is 4.03. The van der Waals surface area contributed by atoms with Crippen LogP contribution in [-0.4, -0.2) is 36.5 Å². The first-order chi connectivity index (χ1) is 8.02. The smallest absolute Gasteiger partial charge is 0.227 e. The normalized spacial score (nSPS) is 20.8. The highest BCUT2D eigenvalue weighted by atomic mass is 16.2. The van der Waals surface area contributed by atoms with E-state index in [1.807, 2.05) is 14.0 Å². The SMILES string of the molecule is CCC(C)C(C)N(C(=O)C(C)CNC)C1CC1. The third-order valence-corrected chi connectivity index (χ3v) is 4.03. The zero-order valence-corrected chi connectivity index (χ0v) is 12.0. The van der Waals surface area contributed by atoms with Gasteiger partial charge >= 0.3 is 0 Å². The molecule has 1 saturated carbocycles. The summed E-state index contributed by atoms with van der Waals surface area (Å²) in [6.45, 7) is 9.45. The minimum absolute atomic E-state index is 0.0899. The van der Waals surface area contributed by atoms with E-state index in [0.29, 0.717) is 23.9 Å². The lowest BCUT2D eigenvalue weighted by molar-refractivity contribution is -0.138. The summed E-state index contributed by atoms with van der Waals surface area (Å²) in [5, 5.41) is 3.10. The Morgan fingerprint density at radius 1 is 1.35 bits per heavy atom. The van der Waals surface area contributed by atoms with E-state index < -0.39 is 0 Å². The first-order valence-corrected chi connectivity index (χ1v) is 6.99. The zero-order chi connectivity index (χ0) is 13.0. The van der Waals surface area contributed by atoms with Crippen LogP contribution in [-0.2, 0) is 4.79 Å². The molecule has 17 heavy (non-hydrogen) atoms. The number of carbonyl (C=O) groups excluding carboxylic acids is 1. The molecule has 0 bridgehead atoms. The second-order valence-corrected chi connectivity index (χ2v) is 5.56. The standard InChI is InChI=1S/C14H28N2O/c1-6-10(2)12(4)16(13-7-8-13)14(17)11(3)9-15-5/h10-13,15H,6-9H2,1-5H3. The maximum atomic E-state index is 12.5. The summed E-state index contributed by atoms with van der Waals surface area (Å²) in [6, 6.07) is 0.894. The second-order valence-electron chi connectivity index (χ2n) is 5.56. The zero-order valence-electron chi connectivity index (χ0n) is 12.0. The van der Waals surface area contributed by atoms with Crippen LogP contribution < -0.4 is 5.32 Å². The highest BCUT2D eigenvalue weighted by molar-refractivity contribution is 5.79. The maximum Gasteiger partial charge on any atom is 0.227 e. The van der Waals surface area contributed by atoms with Crippen LogP contribution in [0.15, 0.2) is 0 Å². The minimum atomic E-state index is 0.0899. The van der Waals surface area contributed by atoms with Crippen LogP contribution in [0.4, 0.5) is 0 Å². The van der Waals surface area contributed by atoms with E-state index in [2.05, 4.69) is 31.0 Å². The minimum Gasteiger partial charge on any atom is -0.336 e. The molecule has 1 aliphatic carbocycles. The van der Waals surface area contributed by atoms with E-state index >= 15 is 0 Å². The van der Waals surface area contributed by atoms with Crippen molar-refractivity contribution >= 4 is 5.91 Å². The van der Waals surface area contributed by atoms with Gasteiger partial charge in [0, 0.05) is 24.5 Å². The van der Waals surface area contributed by atoms with Crippen molar-refractivity contribution in [2.75, 3.05) is 13.6 Å². The molecule has 0 aromatic rings. The molecule has 1 aliphatic rings. The Bertz CT molecular complexity index is 251. The largest absolute Gasteiger partial charge is 0.336 e. The molecule has 100 valence electrons. The van der Waals surface area contributed by atoms with Gasteiger partial charge in [-0.05, 0) is 32.7 Å². The third kappa shape index (κ3) is 3.70. The summed E-state index contributed by atoms with van der Waals surface area (Å²) < 4.78 is 0. The molecule has 3 nitrogen and oxygen atoms in total. The van der Waals surface area contributed by atoms with E-state index in [-0.39, 0.29) is 5.92 Å². The molecule has 0 heterocycles. The number of amides is 1. The lowest BCUT2D eigenvalue weighted by Gasteiger charge is -2.35. The van der Waals surface area contributed by atoms with Gasteiger partial charge in [-0.3, -0.25) is 4.79 Å². The average molecular weight is 240 g/mol. The summed E-state index contributed by atoms with van der Waals surface area (Å²) >= 11 is 0. The fourth-order valence-corrected chi connectivity index (χ4v) is 2.33. The topological polar surface area (TPSA) is 32.3 Å². The average Bonchev–Trinajstić information content (AvgIpc) is 3.12. The molecule has 3 atom stereocenters. The Hall–Kier alpha value is -0.570. The number of hydrogen-bond acceptors (Lipinski definition) is 2. The van der Waals surface area contributed by atoms with Gasteiger partial charge in [0.15, 0.2) is 0 Å². The van der Waals surface area contributed by atoms with E-state index in [1.54, 1.807) is 0 Å². The summed E-state index contributed by atoms with van der Waals surface area (Å²) in [7, 11) is 1.91. The molecule has 0 aromatic carbocycles. The lowest BCUT2D eigenvalue weighted by atomic mass is 9.97. The van der Waals surface area contributed by atoms with Gasteiger partial charge in [0.1, 0.15) is 0 Å². The highest BCUT2D eigenvalue weighted by Gasteiger charge is 2.38. The van der Waals surface area contributed by atoms with Gasteiger partial charge in [-0.2, -0.15) is 0 Å². The maximum absolute atomic E-state index is 12.5. The Morgan fingerprint density at radius 3 is 2.35 bits per heavy atom. The van der Waals surface area contributed by atoms with Crippen molar-refractivity contribution in [1.82, 2.24) is 10.2 Å². The van der Waals surface area contributed by atoms with Gasteiger partial charge in [-0.1, -0.05) is 27.2 Å². The van der Waals surface area contributed by atoms with Crippen molar-refractivity contribution in [3.05, 3.63) is 0 Å². The van der Waals surface area contributed by atoms with Gasteiger partial charge in [-0.25, -0.2) is 0 Å². The monoisotopic (exact) mass is 240 g/mol. The Labute approximate surface area is 106 Å². The predicted octanol–water partition coefficient (Wildman–Crippen LogP) is 2.27. The fourth-order valence-electron chi connectivity index (χ4n) is 2.33. The van der Waals surface area contributed by atoms with Crippen molar-refractivity contribution < 1.29 is 4.79 Å². The number of hydrogen-bond donors (Lipinski definition) is 1. The first-order valence-electron chi connectivity index (χ1n) is 6.99. The van der Waals surface area contributed by atoms with Crippen LogP contribution >= 0.6 is 0 Å². The second kappa shape index (κ2) is 6.39. The van der Waals surface area contributed by atoms with Crippen LogP contribution in [0.1, 0.15) is 47.0 Å². The first kappa shape index (κ1) is 14.5. The number of rotatable bonds is 7. The molecule has 0 spiro atoms. The summed E-state index contributed by atoms with van der Waals surface area (Å²) in [6.07, 6.45) is 3.52. The molecule has 0 aromatic heterocycles. The van der Waals surface area contributed by atoms with Crippen molar-refractivity contribution in [3.63, 3.8) is 0 Å². The fraction of sp³-hybridized carbons (Fsp3) is 0.929. The number of nitrogens with zero attached hydrogens (tertiary/aromatic N) is 1. The van der Waals surface area contributed by atoms with E-state index in [1.165, 1.54) is 12.8 Å². The molecule has 0 radical (unpaired) electrons. The van der Waals surface area contributed by atoms with Crippen LogP contribution in [0.2, 0.25) is 0 Å². The molecular weight excluding hydrogens is 212 g/mol. The Kier molecular flexibility index (Phi) is 5.44. The number of carbonyl (C=O) groups is 1. The molecule has 0 aliphatic heterocycles.